The molecule has 1 N–H and O–H groups in total. The Bertz CT molecular complexity index is 1210. The van der Waals surface area contributed by atoms with E-state index in [0.717, 1.165) is 11.1 Å². The van der Waals surface area contributed by atoms with Crippen LogP contribution in [0.5, 0.6) is 0 Å². The quantitative estimate of drug-likeness (QED) is 0.464. The summed E-state index contributed by atoms with van der Waals surface area (Å²) in [5.41, 5.74) is 3.38. The van der Waals surface area contributed by atoms with E-state index in [-0.39, 0.29) is 11.8 Å². The molecule has 1 amide bonds. The third-order valence-electron chi connectivity index (χ3n) is 5.13. The summed E-state index contributed by atoms with van der Waals surface area (Å²) in [4.78, 5) is 25.6. The highest BCUT2D eigenvalue weighted by Crippen LogP contribution is 2.21. The van der Waals surface area contributed by atoms with Gasteiger partial charge in [0.25, 0.3) is 11.8 Å². The number of nitrogens with zero attached hydrogens (tertiary/aromatic N) is 5. The SMILES string of the molecule is CC(C)c1ccc(CNC(=O)c2cn(-c3cc(-c4nc(C(C)C)no4)ccn3)cn2)cc1. The van der Waals surface area contributed by atoms with Crippen LogP contribution in [0, 0.1) is 0 Å². The van der Waals surface area contributed by atoms with Crippen molar-refractivity contribution in [3.63, 3.8) is 0 Å². The molecule has 0 aliphatic rings. The van der Waals surface area contributed by atoms with Gasteiger partial charge in [0.2, 0.25) is 0 Å². The average molecular weight is 431 g/mol. The van der Waals surface area contributed by atoms with Crippen LogP contribution in [0.2, 0.25) is 0 Å². The van der Waals surface area contributed by atoms with Gasteiger partial charge in [-0.05, 0) is 29.2 Å². The van der Waals surface area contributed by atoms with Crippen LogP contribution in [0.4, 0.5) is 0 Å². The van der Waals surface area contributed by atoms with Crippen molar-refractivity contribution in [1.29, 1.82) is 0 Å². The second-order valence-corrected chi connectivity index (χ2v) is 8.26. The van der Waals surface area contributed by atoms with E-state index in [0.29, 0.717) is 35.7 Å². The summed E-state index contributed by atoms with van der Waals surface area (Å²) >= 11 is 0. The summed E-state index contributed by atoms with van der Waals surface area (Å²) in [6.07, 6.45) is 4.87. The number of aromatic nitrogens is 5. The van der Waals surface area contributed by atoms with Crippen LogP contribution in [0.25, 0.3) is 17.3 Å². The Kier molecular flexibility index (Phi) is 6.11. The normalized spacial score (nSPS) is 11.3. The van der Waals surface area contributed by atoms with Crippen LogP contribution < -0.4 is 5.32 Å². The van der Waals surface area contributed by atoms with E-state index in [1.165, 1.54) is 5.56 Å². The zero-order chi connectivity index (χ0) is 22.7. The molecule has 0 bridgehead atoms. The summed E-state index contributed by atoms with van der Waals surface area (Å²) in [5.74, 6) is 2.09. The fraction of sp³-hybridized carbons (Fsp3) is 0.292. The lowest BCUT2D eigenvalue weighted by Gasteiger charge is -2.07. The maximum absolute atomic E-state index is 12.6. The van der Waals surface area contributed by atoms with Gasteiger partial charge in [-0.15, -0.1) is 0 Å². The Hall–Kier alpha value is -3.81. The largest absolute Gasteiger partial charge is 0.347 e. The third kappa shape index (κ3) is 4.74. The van der Waals surface area contributed by atoms with Gasteiger partial charge in [-0.25, -0.2) is 9.97 Å². The molecule has 8 nitrogen and oxygen atoms in total. The molecule has 0 saturated carbocycles. The summed E-state index contributed by atoms with van der Waals surface area (Å²) in [5, 5.41) is 6.91. The van der Waals surface area contributed by atoms with E-state index in [9.17, 15) is 4.79 Å². The van der Waals surface area contributed by atoms with Gasteiger partial charge >= 0.3 is 0 Å². The van der Waals surface area contributed by atoms with Gasteiger partial charge in [0.1, 0.15) is 17.8 Å². The number of carbonyl (C=O) groups is 1. The number of pyridine rings is 1. The summed E-state index contributed by atoms with van der Waals surface area (Å²) in [7, 11) is 0. The molecule has 32 heavy (non-hydrogen) atoms. The van der Waals surface area contributed by atoms with Crippen molar-refractivity contribution < 1.29 is 9.32 Å². The molecule has 0 radical (unpaired) electrons. The number of carbonyl (C=O) groups excluding carboxylic acids is 1. The van der Waals surface area contributed by atoms with E-state index < -0.39 is 0 Å². The number of hydrogen-bond acceptors (Lipinski definition) is 6. The van der Waals surface area contributed by atoms with Crippen LogP contribution in [0.3, 0.4) is 0 Å². The average Bonchev–Trinajstić information content (AvgIpc) is 3.48. The molecule has 0 aliphatic heterocycles. The van der Waals surface area contributed by atoms with Crippen molar-refractivity contribution in [2.45, 2.75) is 46.1 Å². The second-order valence-electron chi connectivity index (χ2n) is 8.26. The van der Waals surface area contributed by atoms with Crippen molar-refractivity contribution in [2.24, 2.45) is 0 Å². The second kappa shape index (κ2) is 9.13. The Morgan fingerprint density at radius 1 is 1.06 bits per heavy atom. The first kappa shape index (κ1) is 21.4. The lowest BCUT2D eigenvalue weighted by Crippen LogP contribution is -2.23. The molecule has 0 aliphatic carbocycles. The zero-order valence-corrected chi connectivity index (χ0v) is 18.6. The van der Waals surface area contributed by atoms with Gasteiger partial charge in [0.15, 0.2) is 5.82 Å². The van der Waals surface area contributed by atoms with Crippen molar-refractivity contribution in [1.82, 2.24) is 30.0 Å². The molecule has 8 heteroatoms. The molecule has 0 spiro atoms. The lowest BCUT2D eigenvalue weighted by molar-refractivity contribution is 0.0946. The van der Waals surface area contributed by atoms with Crippen molar-refractivity contribution in [2.75, 3.05) is 0 Å². The Morgan fingerprint density at radius 3 is 2.53 bits per heavy atom. The minimum Gasteiger partial charge on any atom is -0.347 e. The highest BCUT2D eigenvalue weighted by Gasteiger charge is 2.14. The Morgan fingerprint density at radius 2 is 1.84 bits per heavy atom. The smallest absolute Gasteiger partial charge is 0.271 e. The third-order valence-corrected chi connectivity index (χ3v) is 5.13. The molecule has 0 atom stereocenters. The molecule has 4 aromatic rings. The lowest BCUT2D eigenvalue weighted by atomic mass is 10.0. The van der Waals surface area contributed by atoms with Crippen molar-refractivity contribution in [3.8, 4) is 17.3 Å². The van der Waals surface area contributed by atoms with Gasteiger partial charge in [-0.1, -0.05) is 57.1 Å². The number of rotatable bonds is 7. The predicted molar refractivity (Wildman–Crippen MR) is 120 cm³/mol. The standard InChI is InChI=1S/C24H26N6O2/c1-15(2)18-7-5-17(6-8-18)12-26-23(31)20-13-30(14-27-20)21-11-19(9-10-25-21)24-28-22(16(3)4)29-32-24/h5-11,13-16H,12H2,1-4H3,(H,26,31). The highest BCUT2D eigenvalue weighted by atomic mass is 16.5. The molecule has 4 rings (SSSR count). The minimum atomic E-state index is -0.244. The van der Waals surface area contributed by atoms with Gasteiger partial charge < -0.3 is 9.84 Å². The maximum atomic E-state index is 12.6. The molecular formula is C24H26N6O2. The first-order valence-electron chi connectivity index (χ1n) is 10.6. The molecule has 0 saturated heterocycles. The molecular weight excluding hydrogens is 404 g/mol. The maximum Gasteiger partial charge on any atom is 0.271 e. The fourth-order valence-electron chi connectivity index (χ4n) is 3.14. The summed E-state index contributed by atoms with van der Waals surface area (Å²) in [6.45, 7) is 8.76. The van der Waals surface area contributed by atoms with E-state index in [2.05, 4.69) is 51.4 Å². The number of imidazole rings is 1. The van der Waals surface area contributed by atoms with E-state index in [1.807, 2.05) is 32.0 Å². The van der Waals surface area contributed by atoms with E-state index in [4.69, 9.17) is 4.52 Å². The summed E-state index contributed by atoms with van der Waals surface area (Å²) < 4.78 is 7.05. The van der Waals surface area contributed by atoms with Gasteiger partial charge in [0, 0.05) is 30.4 Å². The van der Waals surface area contributed by atoms with E-state index >= 15 is 0 Å². The number of benzene rings is 1. The van der Waals surface area contributed by atoms with Gasteiger partial charge in [-0.2, -0.15) is 4.98 Å². The molecule has 3 heterocycles. The number of nitrogens with one attached hydrogen (secondary N) is 1. The zero-order valence-electron chi connectivity index (χ0n) is 18.6. The highest BCUT2D eigenvalue weighted by molar-refractivity contribution is 5.92. The minimum absolute atomic E-state index is 0.177. The molecule has 3 aromatic heterocycles. The van der Waals surface area contributed by atoms with Gasteiger partial charge in [0.05, 0.1) is 0 Å². The van der Waals surface area contributed by atoms with Gasteiger partial charge in [-0.3, -0.25) is 9.36 Å². The number of amides is 1. The molecule has 1 aromatic carbocycles. The Labute approximate surface area is 186 Å². The topological polar surface area (TPSA) is 98.7 Å². The predicted octanol–water partition coefficient (Wildman–Crippen LogP) is 4.49. The van der Waals surface area contributed by atoms with Crippen molar-refractivity contribution in [3.05, 3.63) is 77.8 Å². The Balaban J connectivity index is 1.44. The van der Waals surface area contributed by atoms with Crippen molar-refractivity contribution >= 4 is 5.91 Å². The van der Waals surface area contributed by atoms with Crippen LogP contribution in [0.15, 0.2) is 59.6 Å². The first-order chi connectivity index (χ1) is 15.4. The molecule has 164 valence electrons. The summed E-state index contributed by atoms with van der Waals surface area (Å²) in [6, 6.07) is 11.9. The number of hydrogen-bond donors (Lipinski definition) is 1. The van der Waals surface area contributed by atoms with Crippen LogP contribution >= 0.6 is 0 Å². The van der Waals surface area contributed by atoms with Crippen LogP contribution in [-0.4, -0.2) is 30.6 Å². The first-order valence-corrected chi connectivity index (χ1v) is 10.6. The fourth-order valence-corrected chi connectivity index (χ4v) is 3.14. The monoisotopic (exact) mass is 430 g/mol. The van der Waals surface area contributed by atoms with Crippen LogP contribution in [-0.2, 0) is 6.54 Å². The molecule has 0 fully saturated rings. The van der Waals surface area contributed by atoms with Crippen LogP contribution in [0.1, 0.15) is 67.0 Å². The van der Waals surface area contributed by atoms with E-state index in [1.54, 1.807) is 29.4 Å². The molecule has 0 unspecified atom stereocenters.